The van der Waals surface area contributed by atoms with Crippen molar-refractivity contribution < 1.29 is 8.81 Å². The van der Waals surface area contributed by atoms with Gasteiger partial charge in [-0.2, -0.15) is 0 Å². The molecule has 1 heterocycles. The molecule has 1 atom stereocenters. The van der Waals surface area contributed by atoms with Crippen LogP contribution in [0.15, 0.2) is 39.4 Å². The molecule has 4 heteroatoms. The Labute approximate surface area is 108 Å². The molecule has 0 aliphatic carbocycles. The number of halogens is 2. The first-order chi connectivity index (χ1) is 8.06. The molecule has 0 radical (unpaired) electrons. The second-order valence-electron chi connectivity index (χ2n) is 4.04. The van der Waals surface area contributed by atoms with Gasteiger partial charge in [0.25, 0.3) is 0 Å². The summed E-state index contributed by atoms with van der Waals surface area (Å²) >= 11 is 3.39. The van der Waals surface area contributed by atoms with Crippen LogP contribution in [0.2, 0.25) is 0 Å². The van der Waals surface area contributed by atoms with E-state index in [1.165, 1.54) is 12.1 Å². The van der Waals surface area contributed by atoms with Crippen molar-refractivity contribution in [3.8, 4) is 0 Å². The van der Waals surface area contributed by atoms with E-state index in [9.17, 15) is 4.39 Å². The molecule has 2 nitrogen and oxygen atoms in total. The number of hydrogen-bond acceptors (Lipinski definition) is 2. The van der Waals surface area contributed by atoms with E-state index in [1.54, 1.807) is 12.3 Å². The highest BCUT2D eigenvalue weighted by Gasteiger charge is 2.12. The van der Waals surface area contributed by atoms with E-state index in [4.69, 9.17) is 10.2 Å². The molecule has 2 aromatic rings. The lowest BCUT2D eigenvalue weighted by atomic mass is 10.0. The normalized spacial score (nSPS) is 12.7. The molecule has 0 spiro atoms. The van der Waals surface area contributed by atoms with Crippen molar-refractivity contribution in [1.82, 2.24) is 0 Å². The molecule has 0 fully saturated rings. The Bertz CT molecular complexity index is 524. The molecule has 0 saturated heterocycles. The van der Waals surface area contributed by atoms with Crippen molar-refractivity contribution in [3.63, 3.8) is 0 Å². The average molecular weight is 298 g/mol. The van der Waals surface area contributed by atoms with Crippen LogP contribution in [0.25, 0.3) is 0 Å². The summed E-state index contributed by atoms with van der Waals surface area (Å²) in [5, 5.41) is 0. The Morgan fingerprint density at radius 3 is 2.82 bits per heavy atom. The number of benzene rings is 1. The monoisotopic (exact) mass is 297 g/mol. The molecule has 2 N–H and O–H groups in total. The van der Waals surface area contributed by atoms with Crippen LogP contribution >= 0.6 is 15.9 Å². The van der Waals surface area contributed by atoms with Crippen LogP contribution in [-0.4, -0.2) is 0 Å². The summed E-state index contributed by atoms with van der Waals surface area (Å²) in [5.41, 5.74) is 7.84. The quantitative estimate of drug-likeness (QED) is 0.937. The standard InChI is InChI=1S/C13H13BrFNO/c1-8-4-10(7-17-8)13(16)6-9-5-11(15)2-3-12(9)14/h2-5,7,13H,6,16H2,1H3. The van der Waals surface area contributed by atoms with Gasteiger partial charge in [0.05, 0.1) is 6.26 Å². The van der Waals surface area contributed by atoms with E-state index in [0.29, 0.717) is 6.42 Å². The third-order valence-corrected chi connectivity index (χ3v) is 3.40. The summed E-state index contributed by atoms with van der Waals surface area (Å²) in [6.45, 7) is 1.87. The number of hydrogen-bond donors (Lipinski definition) is 1. The third kappa shape index (κ3) is 2.96. The molecule has 0 aliphatic heterocycles. The van der Waals surface area contributed by atoms with Gasteiger partial charge in [-0.15, -0.1) is 0 Å². The Balaban J connectivity index is 2.18. The zero-order chi connectivity index (χ0) is 12.4. The molecule has 2 rings (SSSR count). The number of nitrogens with two attached hydrogens (primary N) is 1. The maximum atomic E-state index is 13.1. The van der Waals surface area contributed by atoms with Gasteiger partial charge >= 0.3 is 0 Å². The van der Waals surface area contributed by atoms with Gasteiger partial charge in [-0.1, -0.05) is 15.9 Å². The Kier molecular flexibility index (Phi) is 3.64. The molecule has 1 aromatic carbocycles. The van der Waals surface area contributed by atoms with E-state index in [0.717, 1.165) is 21.4 Å². The van der Waals surface area contributed by atoms with Crippen LogP contribution in [0, 0.1) is 12.7 Å². The summed E-state index contributed by atoms with van der Waals surface area (Å²) in [5.74, 6) is 0.576. The summed E-state index contributed by atoms with van der Waals surface area (Å²) in [6, 6.07) is 6.32. The second kappa shape index (κ2) is 5.02. The first-order valence-corrected chi connectivity index (χ1v) is 6.10. The average Bonchev–Trinajstić information content (AvgIpc) is 2.70. The molecular formula is C13H13BrFNO. The predicted octanol–water partition coefficient (Wildman–Crippen LogP) is 3.73. The van der Waals surface area contributed by atoms with E-state index in [1.807, 2.05) is 13.0 Å². The molecule has 0 saturated carbocycles. The van der Waals surface area contributed by atoms with Gasteiger partial charge in [0.2, 0.25) is 0 Å². The molecule has 1 unspecified atom stereocenters. The number of furan rings is 1. The molecule has 90 valence electrons. The van der Waals surface area contributed by atoms with E-state index < -0.39 is 0 Å². The lowest BCUT2D eigenvalue weighted by Gasteiger charge is -2.11. The Morgan fingerprint density at radius 1 is 1.41 bits per heavy atom. The second-order valence-corrected chi connectivity index (χ2v) is 4.89. The number of rotatable bonds is 3. The highest BCUT2D eigenvalue weighted by Crippen LogP contribution is 2.24. The smallest absolute Gasteiger partial charge is 0.123 e. The fourth-order valence-electron chi connectivity index (χ4n) is 1.71. The first-order valence-electron chi connectivity index (χ1n) is 5.31. The van der Waals surface area contributed by atoms with Crippen LogP contribution in [0.3, 0.4) is 0 Å². The zero-order valence-electron chi connectivity index (χ0n) is 9.41. The lowest BCUT2D eigenvalue weighted by molar-refractivity contribution is 0.528. The van der Waals surface area contributed by atoms with Crippen molar-refractivity contribution in [2.45, 2.75) is 19.4 Å². The SMILES string of the molecule is Cc1cc(C(N)Cc2cc(F)ccc2Br)co1. The number of aryl methyl sites for hydroxylation is 1. The van der Waals surface area contributed by atoms with E-state index in [-0.39, 0.29) is 11.9 Å². The van der Waals surface area contributed by atoms with Crippen LogP contribution in [0.4, 0.5) is 4.39 Å². The van der Waals surface area contributed by atoms with Crippen LogP contribution in [0.1, 0.15) is 22.9 Å². The predicted molar refractivity (Wildman–Crippen MR) is 68.2 cm³/mol. The highest BCUT2D eigenvalue weighted by molar-refractivity contribution is 9.10. The van der Waals surface area contributed by atoms with Gasteiger partial charge in [-0.3, -0.25) is 0 Å². The topological polar surface area (TPSA) is 39.2 Å². The van der Waals surface area contributed by atoms with Crippen molar-refractivity contribution in [2.24, 2.45) is 5.73 Å². The van der Waals surface area contributed by atoms with Crippen molar-refractivity contribution in [2.75, 3.05) is 0 Å². The maximum Gasteiger partial charge on any atom is 0.123 e. The van der Waals surface area contributed by atoms with Crippen molar-refractivity contribution >= 4 is 15.9 Å². The van der Waals surface area contributed by atoms with Gasteiger partial charge in [0, 0.05) is 16.1 Å². The highest BCUT2D eigenvalue weighted by atomic mass is 79.9. The fourth-order valence-corrected chi connectivity index (χ4v) is 2.12. The molecular weight excluding hydrogens is 285 g/mol. The Hall–Kier alpha value is -1.13. The summed E-state index contributed by atoms with van der Waals surface area (Å²) in [7, 11) is 0. The summed E-state index contributed by atoms with van der Waals surface area (Å²) in [4.78, 5) is 0. The fraction of sp³-hybridized carbons (Fsp3) is 0.231. The molecule has 0 amide bonds. The summed E-state index contributed by atoms with van der Waals surface area (Å²) < 4.78 is 19.2. The van der Waals surface area contributed by atoms with Gasteiger partial charge in [0.15, 0.2) is 0 Å². The van der Waals surface area contributed by atoms with Crippen LogP contribution in [0.5, 0.6) is 0 Å². The molecule has 0 bridgehead atoms. The molecule has 0 aliphatic rings. The van der Waals surface area contributed by atoms with Crippen molar-refractivity contribution in [1.29, 1.82) is 0 Å². The first kappa shape index (κ1) is 12.3. The van der Waals surface area contributed by atoms with Crippen LogP contribution in [-0.2, 0) is 6.42 Å². The maximum absolute atomic E-state index is 13.1. The zero-order valence-corrected chi connectivity index (χ0v) is 11.0. The molecule has 1 aromatic heterocycles. The lowest BCUT2D eigenvalue weighted by Crippen LogP contribution is -2.12. The largest absolute Gasteiger partial charge is 0.469 e. The Morgan fingerprint density at radius 2 is 2.18 bits per heavy atom. The molecule has 17 heavy (non-hydrogen) atoms. The van der Waals surface area contributed by atoms with Crippen LogP contribution < -0.4 is 5.73 Å². The third-order valence-electron chi connectivity index (χ3n) is 2.63. The van der Waals surface area contributed by atoms with Gasteiger partial charge in [0.1, 0.15) is 11.6 Å². The van der Waals surface area contributed by atoms with Gasteiger partial charge in [-0.25, -0.2) is 4.39 Å². The summed E-state index contributed by atoms with van der Waals surface area (Å²) in [6.07, 6.45) is 2.21. The van der Waals surface area contributed by atoms with Gasteiger partial charge < -0.3 is 10.2 Å². The van der Waals surface area contributed by atoms with E-state index in [2.05, 4.69) is 15.9 Å². The van der Waals surface area contributed by atoms with Crippen molar-refractivity contribution in [3.05, 3.63) is 57.7 Å². The minimum absolute atomic E-state index is 0.189. The minimum Gasteiger partial charge on any atom is -0.469 e. The van der Waals surface area contributed by atoms with E-state index >= 15 is 0 Å². The minimum atomic E-state index is -0.251. The van der Waals surface area contributed by atoms with Gasteiger partial charge in [-0.05, 0) is 43.2 Å².